The predicted molar refractivity (Wildman–Crippen MR) is 131 cm³/mol. The van der Waals surface area contributed by atoms with Crippen LogP contribution in [0.4, 0.5) is 5.13 Å². The van der Waals surface area contributed by atoms with Crippen molar-refractivity contribution in [3.05, 3.63) is 64.0 Å². The molecule has 0 fully saturated rings. The fourth-order valence-electron chi connectivity index (χ4n) is 2.74. The van der Waals surface area contributed by atoms with Gasteiger partial charge in [0.05, 0.1) is 19.4 Å². The van der Waals surface area contributed by atoms with Gasteiger partial charge < -0.3 is 9.47 Å². The number of benzene rings is 2. The van der Waals surface area contributed by atoms with Crippen molar-refractivity contribution in [2.24, 2.45) is 5.92 Å². The lowest BCUT2D eigenvalue weighted by Gasteiger charge is -2.12. The van der Waals surface area contributed by atoms with Crippen LogP contribution in [0, 0.1) is 5.92 Å². The first kappa shape index (κ1) is 23.0. The molecule has 162 valence electrons. The maximum atomic E-state index is 12.3. The number of nitrogens with one attached hydrogen (secondary N) is 1. The second kappa shape index (κ2) is 11.1. The minimum atomic E-state index is -0.244. The minimum Gasteiger partial charge on any atom is -0.493 e. The van der Waals surface area contributed by atoms with E-state index in [0.717, 1.165) is 27.7 Å². The highest BCUT2D eigenvalue weighted by Crippen LogP contribution is 2.29. The Hall–Kier alpha value is -2.64. The number of nitrogens with zero attached hydrogens (tertiary/aromatic N) is 1. The molecule has 0 spiro atoms. The van der Waals surface area contributed by atoms with Crippen molar-refractivity contribution in [1.82, 2.24) is 4.98 Å². The van der Waals surface area contributed by atoms with Gasteiger partial charge in [0.1, 0.15) is 0 Å². The summed E-state index contributed by atoms with van der Waals surface area (Å²) in [5.41, 5.74) is 2.66. The van der Waals surface area contributed by atoms with Gasteiger partial charge in [0.15, 0.2) is 16.6 Å². The number of aromatic nitrogens is 1. The fraction of sp³-hybridized carbons (Fsp3) is 0.250. The third-order valence-electron chi connectivity index (χ3n) is 4.42. The van der Waals surface area contributed by atoms with Crippen molar-refractivity contribution in [2.75, 3.05) is 19.0 Å². The lowest BCUT2D eigenvalue weighted by Crippen LogP contribution is -2.07. The summed E-state index contributed by atoms with van der Waals surface area (Å²) in [5, 5.41) is 5.28. The quantitative estimate of drug-likeness (QED) is 0.333. The first-order valence-corrected chi connectivity index (χ1v) is 11.6. The zero-order valence-electron chi connectivity index (χ0n) is 17.7. The van der Waals surface area contributed by atoms with Crippen LogP contribution >= 0.6 is 27.3 Å². The zero-order chi connectivity index (χ0) is 22.2. The molecule has 0 saturated carbocycles. The lowest BCUT2D eigenvalue weighted by molar-refractivity contribution is -0.111. The molecule has 1 N–H and O–H groups in total. The Bertz CT molecular complexity index is 1060. The van der Waals surface area contributed by atoms with Gasteiger partial charge in [-0.25, -0.2) is 4.98 Å². The van der Waals surface area contributed by atoms with E-state index in [2.05, 4.69) is 40.1 Å². The van der Waals surface area contributed by atoms with E-state index >= 15 is 0 Å². The van der Waals surface area contributed by atoms with Crippen LogP contribution in [0.25, 0.3) is 17.3 Å². The van der Waals surface area contributed by atoms with Crippen molar-refractivity contribution >= 4 is 44.4 Å². The van der Waals surface area contributed by atoms with Crippen molar-refractivity contribution in [3.8, 4) is 22.8 Å². The van der Waals surface area contributed by atoms with Crippen molar-refractivity contribution in [1.29, 1.82) is 0 Å². The summed E-state index contributed by atoms with van der Waals surface area (Å²) >= 11 is 4.85. The van der Waals surface area contributed by atoms with Gasteiger partial charge in [-0.1, -0.05) is 48.0 Å². The van der Waals surface area contributed by atoms with Crippen molar-refractivity contribution in [2.45, 2.75) is 20.3 Å². The molecule has 0 saturated heterocycles. The highest BCUT2D eigenvalue weighted by atomic mass is 79.9. The van der Waals surface area contributed by atoms with Gasteiger partial charge in [-0.2, -0.15) is 0 Å². The molecule has 0 atom stereocenters. The van der Waals surface area contributed by atoms with E-state index in [0.29, 0.717) is 29.2 Å². The molecule has 0 aliphatic heterocycles. The molecular weight excluding hydrogens is 476 g/mol. The number of amides is 1. The third kappa shape index (κ3) is 6.94. The zero-order valence-corrected chi connectivity index (χ0v) is 20.1. The lowest BCUT2D eigenvalue weighted by atomic mass is 10.1. The fourth-order valence-corrected chi connectivity index (χ4v) is 3.86. The molecular formula is C24H25BrN2O3S. The monoisotopic (exact) mass is 500 g/mol. The molecule has 0 aliphatic carbocycles. The Morgan fingerprint density at radius 1 is 1.23 bits per heavy atom. The first-order valence-electron chi connectivity index (χ1n) is 9.96. The average Bonchev–Trinajstić information content (AvgIpc) is 3.21. The Kier molecular flexibility index (Phi) is 8.26. The number of hydrogen-bond acceptors (Lipinski definition) is 5. The normalized spacial score (nSPS) is 11.1. The van der Waals surface area contributed by atoms with Crippen LogP contribution in [0.5, 0.6) is 11.5 Å². The van der Waals surface area contributed by atoms with E-state index < -0.39 is 0 Å². The summed E-state index contributed by atoms with van der Waals surface area (Å²) in [4.78, 5) is 16.8. The maximum Gasteiger partial charge on any atom is 0.250 e. The Morgan fingerprint density at radius 2 is 2.06 bits per heavy atom. The topological polar surface area (TPSA) is 60.5 Å². The number of methoxy groups -OCH3 is 1. The molecule has 0 unspecified atom stereocenters. The molecule has 31 heavy (non-hydrogen) atoms. The number of rotatable bonds is 9. The maximum absolute atomic E-state index is 12.3. The van der Waals surface area contributed by atoms with Crippen LogP contribution < -0.4 is 14.8 Å². The van der Waals surface area contributed by atoms with Gasteiger partial charge >= 0.3 is 0 Å². The molecule has 3 rings (SSSR count). The molecule has 1 heterocycles. The Balaban J connectivity index is 1.61. The Morgan fingerprint density at radius 3 is 2.81 bits per heavy atom. The van der Waals surface area contributed by atoms with E-state index in [1.807, 2.05) is 47.8 Å². The van der Waals surface area contributed by atoms with Crippen LogP contribution in [0.3, 0.4) is 0 Å². The second-order valence-corrected chi connectivity index (χ2v) is 9.09. The minimum absolute atomic E-state index is 0.244. The molecule has 7 heteroatoms. The number of hydrogen-bond donors (Lipinski definition) is 1. The summed E-state index contributed by atoms with van der Waals surface area (Å²) in [6, 6.07) is 13.5. The molecule has 1 amide bonds. The highest BCUT2D eigenvalue weighted by molar-refractivity contribution is 9.10. The molecule has 1 aromatic heterocycles. The first-order chi connectivity index (χ1) is 14.9. The molecule has 0 aliphatic rings. The predicted octanol–water partition coefficient (Wildman–Crippen LogP) is 6.66. The second-order valence-electron chi connectivity index (χ2n) is 7.31. The third-order valence-corrected chi connectivity index (χ3v) is 5.67. The summed E-state index contributed by atoms with van der Waals surface area (Å²) in [5.74, 6) is 1.68. The van der Waals surface area contributed by atoms with Gasteiger partial charge in [-0.15, -0.1) is 11.3 Å². The van der Waals surface area contributed by atoms with Crippen LogP contribution in [0.2, 0.25) is 0 Å². The summed E-state index contributed by atoms with van der Waals surface area (Å²) in [6.07, 6.45) is 4.19. The van der Waals surface area contributed by atoms with E-state index in [-0.39, 0.29) is 5.91 Å². The molecule has 0 radical (unpaired) electrons. The highest BCUT2D eigenvalue weighted by Gasteiger charge is 2.08. The van der Waals surface area contributed by atoms with Crippen LogP contribution in [0.1, 0.15) is 25.8 Å². The smallest absolute Gasteiger partial charge is 0.250 e. The SMILES string of the molecule is COc1cc(C=CC(=O)Nc2nc(-c3cccc(Br)c3)cs2)ccc1OCCC(C)C. The summed E-state index contributed by atoms with van der Waals surface area (Å²) < 4.78 is 12.2. The van der Waals surface area contributed by atoms with Gasteiger partial charge in [0, 0.05) is 21.5 Å². The van der Waals surface area contributed by atoms with Crippen LogP contribution in [0.15, 0.2) is 58.4 Å². The number of carbonyl (C=O) groups excluding carboxylic acids is 1. The van der Waals surface area contributed by atoms with Gasteiger partial charge in [0.25, 0.3) is 0 Å². The Labute approximate surface area is 195 Å². The summed E-state index contributed by atoms with van der Waals surface area (Å²) in [6.45, 7) is 4.96. The van der Waals surface area contributed by atoms with Gasteiger partial charge in [-0.3, -0.25) is 10.1 Å². The van der Waals surface area contributed by atoms with E-state index in [1.54, 1.807) is 13.2 Å². The number of halogens is 1. The number of anilines is 1. The molecule has 3 aromatic rings. The molecule has 2 aromatic carbocycles. The average molecular weight is 501 g/mol. The summed E-state index contributed by atoms with van der Waals surface area (Å²) in [7, 11) is 1.61. The van der Waals surface area contributed by atoms with Crippen molar-refractivity contribution < 1.29 is 14.3 Å². The number of carbonyl (C=O) groups is 1. The van der Waals surface area contributed by atoms with E-state index in [4.69, 9.17) is 9.47 Å². The number of thiazole rings is 1. The standard InChI is InChI=1S/C24H25BrN2O3S/c1-16(2)11-12-30-21-9-7-17(13-22(21)29-3)8-10-23(28)27-24-26-20(15-31-24)18-5-4-6-19(25)14-18/h4-10,13-16H,11-12H2,1-3H3,(H,26,27,28). The van der Waals surface area contributed by atoms with E-state index in [1.165, 1.54) is 17.4 Å². The number of ether oxygens (including phenoxy) is 2. The van der Waals surface area contributed by atoms with E-state index in [9.17, 15) is 4.79 Å². The van der Waals surface area contributed by atoms with Crippen LogP contribution in [-0.4, -0.2) is 24.6 Å². The van der Waals surface area contributed by atoms with Crippen LogP contribution in [-0.2, 0) is 4.79 Å². The largest absolute Gasteiger partial charge is 0.493 e. The van der Waals surface area contributed by atoms with Crippen molar-refractivity contribution in [3.63, 3.8) is 0 Å². The van der Waals surface area contributed by atoms with Gasteiger partial charge in [0.2, 0.25) is 5.91 Å². The molecule has 5 nitrogen and oxygen atoms in total. The van der Waals surface area contributed by atoms with Gasteiger partial charge in [-0.05, 0) is 48.2 Å². The molecule has 0 bridgehead atoms.